The molecule has 0 spiro atoms. The third kappa shape index (κ3) is 3.88. The van der Waals surface area contributed by atoms with Gasteiger partial charge >= 0.3 is 0 Å². The Kier molecular flexibility index (Phi) is 5.37. The minimum Gasteiger partial charge on any atom is -0.494 e. The van der Waals surface area contributed by atoms with Gasteiger partial charge in [-0.2, -0.15) is 0 Å². The number of carbonyl (C=O) groups excluding carboxylic acids is 1. The van der Waals surface area contributed by atoms with Crippen LogP contribution in [0.1, 0.15) is 36.5 Å². The van der Waals surface area contributed by atoms with Gasteiger partial charge in [-0.05, 0) is 84.7 Å². The maximum atomic E-state index is 11.1. The lowest BCUT2D eigenvalue weighted by molar-refractivity contribution is -0.105. The summed E-state index contributed by atoms with van der Waals surface area (Å²) in [5, 5.41) is 0.770. The Balaban J connectivity index is 1.56. The highest BCUT2D eigenvalue weighted by atomic mass is 35.5. The van der Waals surface area contributed by atoms with Gasteiger partial charge in [0.05, 0.1) is 6.61 Å². The van der Waals surface area contributed by atoms with Crippen LogP contribution in [0.25, 0.3) is 5.57 Å². The maximum Gasteiger partial charge on any atom is 0.146 e. The molecule has 1 aliphatic carbocycles. The van der Waals surface area contributed by atoms with Crippen molar-refractivity contribution in [1.29, 1.82) is 0 Å². The van der Waals surface area contributed by atoms with Crippen molar-refractivity contribution in [2.24, 2.45) is 0 Å². The van der Waals surface area contributed by atoms with E-state index in [9.17, 15) is 4.79 Å². The van der Waals surface area contributed by atoms with Gasteiger partial charge in [-0.3, -0.25) is 4.79 Å². The van der Waals surface area contributed by atoms with E-state index in [2.05, 4.69) is 24.3 Å². The third-order valence-electron chi connectivity index (χ3n) is 4.56. The molecule has 1 aliphatic rings. The van der Waals surface area contributed by atoms with Gasteiger partial charge in [0.2, 0.25) is 0 Å². The van der Waals surface area contributed by atoms with Gasteiger partial charge in [-0.15, -0.1) is 0 Å². The summed E-state index contributed by atoms with van der Waals surface area (Å²) in [6, 6.07) is 14.1. The smallest absolute Gasteiger partial charge is 0.146 e. The molecule has 0 N–H and O–H groups in total. The SMILES string of the molecule is CC1=C(C=O)CCc2cc(OCCCc3ccc(Cl)cc3)ccc21. The number of carbonyl (C=O) groups is 1. The zero-order valence-corrected chi connectivity index (χ0v) is 14.6. The van der Waals surface area contributed by atoms with Crippen LogP contribution in [0.4, 0.5) is 0 Å². The highest BCUT2D eigenvalue weighted by molar-refractivity contribution is 6.30. The largest absolute Gasteiger partial charge is 0.494 e. The highest BCUT2D eigenvalue weighted by Gasteiger charge is 2.16. The molecule has 2 aromatic rings. The van der Waals surface area contributed by atoms with E-state index in [-0.39, 0.29) is 0 Å². The van der Waals surface area contributed by atoms with Crippen LogP contribution in [0, 0.1) is 0 Å². The third-order valence-corrected chi connectivity index (χ3v) is 4.81. The number of halogens is 1. The molecule has 0 aliphatic heterocycles. The molecular weight excluding hydrogens is 320 g/mol. The molecule has 0 bridgehead atoms. The number of ether oxygens (including phenoxy) is 1. The molecule has 0 atom stereocenters. The molecule has 0 unspecified atom stereocenters. The lowest BCUT2D eigenvalue weighted by atomic mass is 9.87. The second-order valence-corrected chi connectivity index (χ2v) is 6.60. The summed E-state index contributed by atoms with van der Waals surface area (Å²) in [5.41, 5.74) is 5.74. The van der Waals surface area contributed by atoms with E-state index in [0.717, 1.165) is 53.9 Å². The fourth-order valence-electron chi connectivity index (χ4n) is 3.13. The van der Waals surface area contributed by atoms with Gasteiger partial charge in [0.1, 0.15) is 12.0 Å². The predicted molar refractivity (Wildman–Crippen MR) is 98.7 cm³/mol. The van der Waals surface area contributed by atoms with Crippen molar-refractivity contribution in [3.05, 3.63) is 69.8 Å². The Morgan fingerprint density at radius 1 is 1.12 bits per heavy atom. The number of fused-ring (bicyclic) bond motifs is 1. The Morgan fingerprint density at radius 2 is 1.92 bits per heavy atom. The molecule has 2 aromatic carbocycles. The van der Waals surface area contributed by atoms with Crippen LogP contribution in [-0.2, 0) is 17.6 Å². The van der Waals surface area contributed by atoms with E-state index >= 15 is 0 Å². The van der Waals surface area contributed by atoms with E-state index in [0.29, 0.717) is 6.61 Å². The number of rotatable bonds is 6. The molecule has 124 valence electrons. The molecule has 0 heterocycles. The van der Waals surface area contributed by atoms with Crippen LogP contribution in [0.2, 0.25) is 5.02 Å². The number of aryl methyl sites for hydroxylation is 2. The first-order chi connectivity index (χ1) is 11.7. The summed E-state index contributed by atoms with van der Waals surface area (Å²) in [4.78, 5) is 11.1. The van der Waals surface area contributed by atoms with Crippen LogP contribution in [-0.4, -0.2) is 12.9 Å². The van der Waals surface area contributed by atoms with Crippen molar-refractivity contribution in [1.82, 2.24) is 0 Å². The highest BCUT2D eigenvalue weighted by Crippen LogP contribution is 2.32. The topological polar surface area (TPSA) is 26.3 Å². The molecule has 0 fully saturated rings. The molecule has 3 heteroatoms. The summed E-state index contributed by atoms with van der Waals surface area (Å²) in [5.74, 6) is 0.909. The lowest BCUT2D eigenvalue weighted by Gasteiger charge is -2.19. The first-order valence-electron chi connectivity index (χ1n) is 8.33. The van der Waals surface area contributed by atoms with Crippen LogP contribution in [0.5, 0.6) is 5.75 Å². The quantitative estimate of drug-likeness (QED) is 0.529. The van der Waals surface area contributed by atoms with E-state index in [4.69, 9.17) is 16.3 Å². The Labute approximate surface area is 148 Å². The second-order valence-electron chi connectivity index (χ2n) is 6.17. The van der Waals surface area contributed by atoms with Crippen LogP contribution in [0.3, 0.4) is 0 Å². The summed E-state index contributed by atoms with van der Waals surface area (Å²) in [6.07, 6.45) is 4.66. The van der Waals surface area contributed by atoms with E-state index in [1.165, 1.54) is 16.7 Å². The van der Waals surface area contributed by atoms with Crippen molar-refractivity contribution in [2.75, 3.05) is 6.61 Å². The van der Waals surface area contributed by atoms with E-state index in [1.54, 1.807) is 0 Å². The summed E-state index contributed by atoms with van der Waals surface area (Å²) < 4.78 is 5.89. The van der Waals surface area contributed by atoms with Crippen LogP contribution < -0.4 is 4.74 Å². The fourth-order valence-corrected chi connectivity index (χ4v) is 3.25. The first kappa shape index (κ1) is 16.8. The molecule has 0 amide bonds. The van der Waals surface area contributed by atoms with Gasteiger partial charge in [0.15, 0.2) is 0 Å². The summed E-state index contributed by atoms with van der Waals surface area (Å²) in [6.45, 7) is 2.71. The van der Waals surface area contributed by atoms with Crippen molar-refractivity contribution in [2.45, 2.75) is 32.6 Å². The van der Waals surface area contributed by atoms with Crippen molar-refractivity contribution < 1.29 is 9.53 Å². The standard InChI is InChI=1S/C21H21ClO2/c1-15-18(14-23)7-6-17-13-20(10-11-21(15)17)24-12-2-3-16-4-8-19(22)9-5-16/h4-5,8-11,13-14H,2-3,6-7,12H2,1H3. The maximum absolute atomic E-state index is 11.1. The van der Waals surface area contributed by atoms with Crippen LogP contribution >= 0.6 is 11.6 Å². The monoisotopic (exact) mass is 340 g/mol. The fraction of sp³-hybridized carbons (Fsp3) is 0.286. The number of hydrogen-bond donors (Lipinski definition) is 0. The van der Waals surface area contributed by atoms with Crippen molar-refractivity contribution in [3.8, 4) is 5.75 Å². The first-order valence-corrected chi connectivity index (χ1v) is 8.70. The number of benzene rings is 2. The molecule has 3 rings (SSSR count). The molecular formula is C21H21ClO2. The Morgan fingerprint density at radius 3 is 2.67 bits per heavy atom. The average Bonchev–Trinajstić information content (AvgIpc) is 2.60. The zero-order valence-electron chi connectivity index (χ0n) is 13.8. The molecule has 0 saturated heterocycles. The van der Waals surface area contributed by atoms with E-state index in [1.807, 2.05) is 25.1 Å². The molecule has 0 aromatic heterocycles. The molecule has 24 heavy (non-hydrogen) atoms. The number of allylic oxidation sites excluding steroid dienone is 2. The van der Waals surface area contributed by atoms with Crippen LogP contribution in [0.15, 0.2) is 48.0 Å². The Hall–Kier alpha value is -2.06. The minimum absolute atomic E-state index is 0.690. The lowest BCUT2D eigenvalue weighted by Crippen LogP contribution is -2.06. The average molecular weight is 341 g/mol. The summed E-state index contributed by atoms with van der Waals surface area (Å²) in [7, 11) is 0. The van der Waals surface area contributed by atoms with Gasteiger partial charge in [-0.25, -0.2) is 0 Å². The minimum atomic E-state index is 0.690. The van der Waals surface area contributed by atoms with Gasteiger partial charge in [-0.1, -0.05) is 29.8 Å². The predicted octanol–water partition coefficient (Wildman–Crippen LogP) is 5.27. The van der Waals surface area contributed by atoms with E-state index < -0.39 is 0 Å². The molecule has 0 radical (unpaired) electrons. The van der Waals surface area contributed by atoms with Gasteiger partial charge in [0, 0.05) is 5.02 Å². The Bertz CT molecular complexity index is 760. The zero-order chi connectivity index (χ0) is 16.9. The summed E-state index contributed by atoms with van der Waals surface area (Å²) >= 11 is 5.89. The van der Waals surface area contributed by atoms with Crippen molar-refractivity contribution in [3.63, 3.8) is 0 Å². The normalized spacial score (nSPS) is 13.6. The number of hydrogen-bond acceptors (Lipinski definition) is 2. The second kappa shape index (κ2) is 7.67. The molecule has 0 saturated carbocycles. The van der Waals surface area contributed by atoms with Gasteiger partial charge in [0.25, 0.3) is 0 Å². The number of aldehydes is 1. The van der Waals surface area contributed by atoms with Gasteiger partial charge < -0.3 is 4.74 Å². The molecule has 2 nitrogen and oxygen atoms in total. The van der Waals surface area contributed by atoms with Crippen molar-refractivity contribution >= 4 is 23.5 Å².